The molecule has 2 aromatic rings. The van der Waals surface area contributed by atoms with E-state index < -0.39 is 11.6 Å². The van der Waals surface area contributed by atoms with Crippen molar-refractivity contribution in [2.24, 2.45) is 0 Å². The molecule has 25 heavy (non-hydrogen) atoms. The van der Waals surface area contributed by atoms with Crippen LogP contribution in [0.3, 0.4) is 0 Å². The lowest BCUT2D eigenvalue weighted by molar-refractivity contribution is 0.111. The molecular weight excluding hydrogens is 328 g/mol. The molecule has 0 unspecified atom stereocenters. The lowest BCUT2D eigenvalue weighted by atomic mass is 10.2. The van der Waals surface area contributed by atoms with Crippen LogP contribution in [0, 0.1) is 11.6 Å². The molecule has 0 radical (unpaired) electrons. The molecule has 2 rings (SSSR count). The Balaban J connectivity index is 1.63. The molecule has 4 nitrogen and oxygen atoms in total. The minimum atomic E-state index is -0.470. The van der Waals surface area contributed by atoms with Crippen molar-refractivity contribution in [1.29, 1.82) is 0 Å². The Morgan fingerprint density at radius 1 is 0.960 bits per heavy atom. The van der Waals surface area contributed by atoms with Crippen molar-refractivity contribution in [3.8, 4) is 5.75 Å². The van der Waals surface area contributed by atoms with Gasteiger partial charge in [0.15, 0.2) is 0 Å². The summed E-state index contributed by atoms with van der Waals surface area (Å²) in [5, 5.41) is 0. The first-order chi connectivity index (χ1) is 12.1. The second-order valence-electron chi connectivity index (χ2n) is 5.65. The van der Waals surface area contributed by atoms with E-state index in [0.717, 1.165) is 36.6 Å². The number of rotatable bonds is 10. The second-order valence-corrected chi connectivity index (χ2v) is 5.65. The van der Waals surface area contributed by atoms with Gasteiger partial charge in [-0.1, -0.05) is 6.07 Å². The van der Waals surface area contributed by atoms with Gasteiger partial charge in [-0.05, 0) is 48.7 Å². The van der Waals surface area contributed by atoms with Gasteiger partial charge in [-0.25, -0.2) is 8.78 Å². The van der Waals surface area contributed by atoms with Crippen molar-refractivity contribution in [3.05, 3.63) is 59.2 Å². The summed E-state index contributed by atoms with van der Waals surface area (Å²) in [5.41, 5.74) is 7.72. The fourth-order valence-corrected chi connectivity index (χ4v) is 2.31. The number of nitrogens with two attached hydrogens (primary N) is 1. The van der Waals surface area contributed by atoms with Crippen LogP contribution in [0.25, 0.3) is 0 Å². The number of hydrogen-bond acceptors (Lipinski definition) is 4. The molecular formula is C19H23F2NO3. The first-order valence-corrected chi connectivity index (χ1v) is 8.12. The minimum Gasteiger partial charge on any atom is -0.491 e. The Hall–Kier alpha value is -2.18. The van der Waals surface area contributed by atoms with E-state index in [2.05, 4.69) is 0 Å². The zero-order valence-electron chi connectivity index (χ0n) is 14.3. The maximum absolute atomic E-state index is 13.4. The van der Waals surface area contributed by atoms with Gasteiger partial charge in [0.2, 0.25) is 0 Å². The number of methoxy groups -OCH3 is 1. The smallest absolute Gasteiger partial charge is 0.142 e. The zero-order valence-corrected chi connectivity index (χ0v) is 14.3. The Labute approximate surface area is 146 Å². The lowest BCUT2D eigenvalue weighted by Crippen LogP contribution is -2.04. The third kappa shape index (κ3) is 6.32. The third-order valence-corrected chi connectivity index (χ3v) is 3.59. The van der Waals surface area contributed by atoms with Crippen LogP contribution in [0.5, 0.6) is 5.75 Å². The van der Waals surface area contributed by atoms with Crippen LogP contribution < -0.4 is 10.5 Å². The maximum atomic E-state index is 13.4. The van der Waals surface area contributed by atoms with E-state index in [1.807, 2.05) is 18.2 Å². The Kier molecular flexibility index (Phi) is 7.63. The summed E-state index contributed by atoms with van der Waals surface area (Å²) in [6, 6.07) is 8.90. The van der Waals surface area contributed by atoms with Gasteiger partial charge < -0.3 is 19.9 Å². The van der Waals surface area contributed by atoms with E-state index in [0.29, 0.717) is 31.3 Å². The van der Waals surface area contributed by atoms with Crippen LogP contribution in [0.1, 0.15) is 24.0 Å². The highest BCUT2D eigenvalue weighted by molar-refractivity contribution is 5.54. The number of nitrogen functional groups attached to an aromatic ring is 1. The van der Waals surface area contributed by atoms with Crippen LogP contribution in [0.2, 0.25) is 0 Å². The van der Waals surface area contributed by atoms with Crippen molar-refractivity contribution in [2.75, 3.05) is 26.1 Å². The molecule has 0 fully saturated rings. The van der Waals surface area contributed by atoms with Crippen LogP contribution in [-0.2, 0) is 22.7 Å². The van der Waals surface area contributed by atoms with Gasteiger partial charge in [0, 0.05) is 19.3 Å². The lowest BCUT2D eigenvalue weighted by Gasteiger charge is -2.10. The van der Waals surface area contributed by atoms with Crippen LogP contribution in [-0.4, -0.2) is 20.3 Å². The number of unbranched alkanes of at least 4 members (excludes halogenated alkanes) is 1. The molecule has 6 heteroatoms. The second kappa shape index (κ2) is 9.96. The monoisotopic (exact) mass is 351 g/mol. The van der Waals surface area contributed by atoms with Gasteiger partial charge in [-0.2, -0.15) is 0 Å². The summed E-state index contributed by atoms with van der Waals surface area (Å²) in [6.45, 7) is 1.51. The highest BCUT2D eigenvalue weighted by atomic mass is 19.1. The maximum Gasteiger partial charge on any atom is 0.142 e. The molecule has 0 bridgehead atoms. The number of hydrogen-bond donors (Lipinski definition) is 1. The van der Waals surface area contributed by atoms with Crippen molar-refractivity contribution >= 4 is 5.69 Å². The van der Waals surface area contributed by atoms with Crippen molar-refractivity contribution < 1.29 is 23.0 Å². The molecule has 0 aliphatic heterocycles. The van der Waals surface area contributed by atoms with Gasteiger partial charge in [0.25, 0.3) is 0 Å². The van der Waals surface area contributed by atoms with Gasteiger partial charge in [-0.3, -0.25) is 0 Å². The van der Waals surface area contributed by atoms with Crippen LogP contribution in [0.4, 0.5) is 14.5 Å². The average Bonchev–Trinajstić information content (AvgIpc) is 2.59. The van der Waals surface area contributed by atoms with E-state index in [4.69, 9.17) is 19.9 Å². The molecule has 136 valence electrons. The van der Waals surface area contributed by atoms with E-state index in [-0.39, 0.29) is 12.2 Å². The predicted octanol–water partition coefficient (Wildman–Crippen LogP) is 4.07. The van der Waals surface area contributed by atoms with E-state index in [1.165, 1.54) is 0 Å². The SMILES string of the molecule is COCc1ccc(OCCCCOCc2cc(F)ccc2F)c(N)c1. The molecule has 0 amide bonds. The molecule has 0 spiro atoms. The predicted molar refractivity (Wildman–Crippen MR) is 92.3 cm³/mol. The Morgan fingerprint density at radius 2 is 1.76 bits per heavy atom. The van der Waals surface area contributed by atoms with Gasteiger partial charge in [-0.15, -0.1) is 0 Å². The van der Waals surface area contributed by atoms with Gasteiger partial charge in [0.05, 0.1) is 25.5 Å². The van der Waals surface area contributed by atoms with Crippen molar-refractivity contribution in [2.45, 2.75) is 26.1 Å². The molecule has 2 N–H and O–H groups in total. The third-order valence-electron chi connectivity index (χ3n) is 3.59. The standard InChI is InChI=1S/C19H23F2NO3/c1-23-12-14-4-7-19(18(22)10-14)25-9-3-2-8-24-13-15-11-16(20)5-6-17(15)21/h4-7,10-11H,2-3,8-9,12-13,22H2,1H3. The first kappa shape index (κ1) is 19.1. The minimum absolute atomic E-state index is 0.0539. The number of halogens is 2. The Bertz CT molecular complexity index is 680. The number of benzene rings is 2. The highest BCUT2D eigenvalue weighted by Crippen LogP contribution is 2.23. The average molecular weight is 351 g/mol. The summed E-state index contributed by atoms with van der Waals surface area (Å²) >= 11 is 0. The zero-order chi connectivity index (χ0) is 18.1. The van der Waals surface area contributed by atoms with Gasteiger partial charge in [0.1, 0.15) is 17.4 Å². The molecule has 0 aromatic heterocycles. The summed E-state index contributed by atoms with van der Waals surface area (Å²) in [6.07, 6.45) is 1.52. The molecule has 0 heterocycles. The first-order valence-electron chi connectivity index (χ1n) is 8.12. The summed E-state index contributed by atoms with van der Waals surface area (Å²) in [5.74, 6) is -0.290. The van der Waals surface area contributed by atoms with Crippen LogP contribution >= 0.6 is 0 Å². The molecule has 0 saturated heterocycles. The molecule has 2 aromatic carbocycles. The number of ether oxygens (including phenoxy) is 3. The van der Waals surface area contributed by atoms with E-state index in [9.17, 15) is 8.78 Å². The number of anilines is 1. The molecule has 0 aliphatic carbocycles. The summed E-state index contributed by atoms with van der Waals surface area (Å²) < 4.78 is 42.5. The molecule has 0 atom stereocenters. The quantitative estimate of drug-likeness (QED) is 0.518. The highest BCUT2D eigenvalue weighted by Gasteiger charge is 2.04. The molecule has 0 aliphatic rings. The Morgan fingerprint density at radius 3 is 2.52 bits per heavy atom. The van der Waals surface area contributed by atoms with E-state index in [1.54, 1.807) is 7.11 Å². The topological polar surface area (TPSA) is 53.7 Å². The fraction of sp³-hybridized carbons (Fsp3) is 0.368. The molecule has 0 saturated carbocycles. The summed E-state index contributed by atoms with van der Waals surface area (Å²) in [4.78, 5) is 0. The van der Waals surface area contributed by atoms with Crippen molar-refractivity contribution in [3.63, 3.8) is 0 Å². The van der Waals surface area contributed by atoms with Crippen molar-refractivity contribution in [1.82, 2.24) is 0 Å². The largest absolute Gasteiger partial charge is 0.491 e. The normalized spacial score (nSPS) is 10.8. The van der Waals surface area contributed by atoms with E-state index >= 15 is 0 Å². The fourth-order valence-electron chi connectivity index (χ4n) is 2.31. The van der Waals surface area contributed by atoms with Crippen LogP contribution in [0.15, 0.2) is 36.4 Å². The van der Waals surface area contributed by atoms with Gasteiger partial charge >= 0.3 is 0 Å². The summed E-state index contributed by atoms with van der Waals surface area (Å²) in [7, 11) is 1.63.